The van der Waals surface area contributed by atoms with Crippen LogP contribution in [0.4, 0.5) is 0 Å². The van der Waals surface area contributed by atoms with E-state index >= 15 is 0 Å². The maximum Gasteiger partial charge on any atom is 0.270 e. The zero-order chi connectivity index (χ0) is 19.7. The van der Waals surface area contributed by atoms with Gasteiger partial charge in [-0.25, -0.2) is 4.98 Å². The molecule has 0 saturated carbocycles. The molecule has 1 atom stereocenters. The molecule has 0 aliphatic carbocycles. The van der Waals surface area contributed by atoms with Crippen LogP contribution in [0.3, 0.4) is 0 Å². The van der Waals surface area contributed by atoms with Crippen LogP contribution in [-0.4, -0.2) is 63.6 Å². The molecule has 3 aromatic rings. The van der Waals surface area contributed by atoms with Crippen LogP contribution in [0.15, 0.2) is 42.7 Å². The van der Waals surface area contributed by atoms with Gasteiger partial charge >= 0.3 is 0 Å². The first kappa shape index (κ1) is 18.7. The van der Waals surface area contributed by atoms with E-state index in [0.717, 1.165) is 61.4 Å². The summed E-state index contributed by atoms with van der Waals surface area (Å²) in [5.41, 5.74) is 1.86. The highest BCUT2D eigenvalue weighted by Gasteiger charge is 2.29. The van der Waals surface area contributed by atoms with E-state index < -0.39 is 0 Å². The molecule has 0 radical (unpaired) electrons. The number of hydrogen-bond donors (Lipinski definition) is 0. The third-order valence-electron chi connectivity index (χ3n) is 5.78. The van der Waals surface area contributed by atoms with Crippen LogP contribution in [0, 0.1) is 0 Å². The summed E-state index contributed by atoms with van der Waals surface area (Å²) in [5, 5.41) is 1.11. The smallest absolute Gasteiger partial charge is 0.270 e. The Hall–Kier alpha value is -2.60. The van der Waals surface area contributed by atoms with Crippen LogP contribution in [0.25, 0.3) is 10.9 Å². The number of amides is 1. The number of para-hydroxylation sites is 1. The Bertz CT molecular complexity index is 970. The van der Waals surface area contributed by atoms with Crippen LogP contribution >= 0.6 is 0 Å². The Labute approximate surface area is 166 Å². The first-order chi connectivity index (χ1) is 13.5. The molecule has 1 unspecified atom stereocenters. The van der Waals surface area contributed by atoms with Crippen molar-refractivity contribution in [1.29, 1.82) is 0 Å². The average Bonchev–Trinajstić information content (AvgIpc) is 3.31. The third-order valence-corrected chi connectivity index (χ3v) is 5.78. The molecule has 1 aliphatic rings. The van der Waals surface area contributed by atoms with Crippen molar-refractivity contribution in [1.82, 2.24) is 23.9 Å². The van der Waals surface area contributed by atoms with Crippen molar-refractivity contribution in [3.63, 3.8) is 0 Å². The van der Waals surface area contributed by atoms with Crippen molar-refractivity contribution >= 4 is 16.8 Å². The van der Waals surface area contributed by atoms with Gasteiger partial charge in [-0.05, 0) is 39.1 Å². The first-order valence-electron chi connectivity index (χ1n) is 10.0. The third kappa shape index (κ3) is 3.56. The molecule has 1 amide bonds. The SMILES string of the molecule is CN(C)CCn1ccnc1C1CCCN(C(=O)c2cc3ccccc3n2C)C1. The second-order valence-electron chi connectivity index (χ2n) is 8.02. The van der Waals surface area contributed by atoms with E-state index in [-0.39, 0.29) is 5.91 Å². The van der Waals surface area contributed by atoms with Gasteiger partial charge in [-0.3, -0.25) is 4.79 Å². The molecule has 6 nitrogen and oxygen atoms in total. The van der Waals surface area contributed by atoms with Crippen LogP contribution in [0.1, 0.15) is 35.1 Å². The zero-order valence-corrected chi connectivity index (χ0v) is 17.0. The number of nitrogens with zero attached hydrogens (tertiary/aromatic N) is 5. The van der Waals surface area contributed by atoms with Gasteiger partial charge in [-0.2, -0.15) is 0 Å². The van der Waals surface area contributed by atoms with Gasteiger partial charge in [0, 0.05) is 62.4 Å². The molecular weight excluding hydrogens is 350 g/mol. The van der Waals surface area contributed by atoms with Crippen molar-refractivity contribution in [2.75, 3.05) is 33.7 Å². The summed E-state index contributed by atoms with van der Waals surface area (Å²) in [6, 6.07) is 10.2. The highest BCUT2D eigenvalue weighted by Crippen LogP contribution is 2.28. The number of benzene rings is 1. The Morgan fingerprint density at radius 3 is 2.89 bits per heavy atom. The minimum atomic E-state index is 0.120. The standard InChI is InChI=1S/C22H29N5O/c1-24(2)13-14-26-12-10-23-21(26)18-8-6-11-27(16-18)22(28)20-15-17-7-4-5-9-19(17)25(20)3/h4-5,7,9-10,12,15,18H,6,8,11,13-14,16H2,1-3H3. The fourth-order valence-corrected chi connectivity index (χ4v) is 4.21. The lowest BCUT2D eigenvalue weighted by atomic mass is 9.96. The van der Waals surface area contributed by atoms with Gasteiger partial charge in [0.1, 0.15) is 11.5 Å². The van der Waals surface area contributed by atoms with Gasteiger partial charge in [0.25, 0.3) is 5.91 Å². The highest BCUT2D eigenvalue weighted by atomic mass is 16.2. The van der Waals surface area contributed by atoms with Crippen molar-refractivity contribution in [3.8, 4) is 0 Å². The number of aromatic nitrogens is 3. The summed E-state index contributed by atoms with van der Waals surface area (Å²) in [5.74, 6) is 1.52. The first-order valence-corrected chi connectivity index (χ1v) is 10.0. The molecule has 0 spiro atoms. The average molecular weight is 380 g/mol. The Kier molecular flexibility index (Phi) is 5.22. The number of likely N-dealkylation sites (tertiary alicyclic amines) is 1. The van der Waals surface area contributed by atoms with E-state index in [1.165, 1.54) is 0 Å². The molecular formula is C22H29N5O. The minimum Gasteiger partial charge on any atom is -0.340 e. The topological polar surface area (TPSA) is 46.3 Å². The van der Waals surface area contributed by atoms with Gasteiger partial charge in [-0.15, -0.1) is 0 Å². The molecule has 3 heterocycles. The van der Waals surface area contributed by atoms with Crippen LogP contribution < -0.4 is 0 Å². The Morgan fingerprint density at radius 2 is 2.11 bits per heavy atom. The minimum absolute atomic E-state index is 0.120. The monoisotopic (exact) mass is 379 g/mol. The van der Waals surface area contributed by atoms with Crippen molar-refractivity contribution in [2.45, 2.75) is 25.3 Å². The molecule has 1 saturated heterocycles. The summed E-state index contributed by atoms with van der Waals surface area (Å²) >= 11 is 0. The fourth-order valence-electron chi connectivity index (χ4n) is 4.21. The maximum absolute atomic E-state index is 13.3. The molecule has 6 heteroatoms. The summed E-state index contributed by atoms with van der Waals surface area (Å²) in [6.45, 7) is 3.46. The van der Waals surface area contributed by atoms with E-state index in [0.29, 0.717) is 5.92 Å². The lowest BCUT2D eigenvalue weighted by molar-refractivity contribution is 0.0694. The van der Waals surface area contributed by atoms with Gasteiger partial charge in [0.2, 0.25) is 0 Å². The second kappa shape index (κ2) is 7.80. The molecule has 148 valence electrons. The lowest BCUT2D eigenvalue weighted by Crippen LogP contribution is -2.40. The number of carbonyl (C=O) groups excluding carboxylic acids is 1. The largest absolute Gasteiger partial charge is 0.340 e. The molecule has 0 N–H and O–H groups in total. The Balaban J connectivity index is 1.53. The number of fused-ring (bicyclic) bond motifs is 1. The van der Waals surface area contributed by atoms with E-state index in [4.69, 9.17) is 0 Å². The van der Waals surface area contributed by atoms with E-state index in [2.05, 4.69) is 46.9 Å². The van der Waals surface area contributed by atoms with Crippen LogP contribution in [0.5, 0.6) is 0 Å². The van der Waals surface area contributed by atoms with Gasteiger partial charge in [-0.1, -0.05) is 18.2 Å². The molecule has 0 bridgehead atoms. The summed E-state index contributed by atoms with van der Waals surface area (Å²) < 4.78 is 4.26. The van der Waals surface area contributed by atoms with Crippen LogP contribution in [-0.2, 0) is 13.6 Å². The van der Waals surface area contributed by atoms with E-state index in [1.807, 2.05) is 40.9 Å². The van der Waals surface area contributed by atoms with Gasteiger partial charge in [0.15, 0.2) is 0 Å². The number of carbonyl (C=O) groups is 1. The quantitative estimate of drug-likeness (QED) is 0.685. The van der Waals surface area contributed by atoms with E-state index in [9.17, 15) is 4.79 Å². The zero-order valence-electron chi connectivity index (χ0n) is 17.0. The van der Waals surface area contributed by atoms with E-state index in [1.54, 1.807) is 0 Å². The highest BCUT2D eigenvalue weighted by molar-refractivity contribution is 5.98. The second-order valence-corrected chi connectivity index (χ2v) is 8.02. The number of hydrogen-bond acceptors (Lipinski definition) is 3. The normalized spacial score (nSPS) is 17.6. The molecule has 1 fully saturated rings. The maximum atomic E-state index is 13.3. The van der Waals surface area contributed by atoms with Crippen molar-refractivity contribution < 1.29 is 4.79 Å². The molecule has 2 aromatic heterocycles. The number of likely N-dealkylation sites (N-methyl/N-ethyl adjacent to an activating group) is 1. The fraction of sp³-hybridized carbons (Fsp3) is 0.455. The lowest BCUT2D eigenvalue weighted by Gasteiger charge is -2.33. The summed E-state index contributed by atoms with van der Waals surface area (Å²) in [6.07, 6.45) is 6.04. The molecule has 1 aromatic carbocycles. The molecule has 4 rings (SSSR count). The van der Waals surface area contributed by atoms with Gasteiger partial charge in [0.05, 0.1) is 0 Å². The Morgan fingerprint density at radius 1 is 1.29 bits per heavy atom. The van der Waals surface area contributed by atoms with Crippen molar-refractivity contribution in [2.24, 2.45) is 7.05 Å². The number of imidazole rings is 1. The number of aryl methyl sites for hydroxylation is 1. The predicted octanol–water partition coefficient (Wildman–Crippen LogP) is 2.96. The van der Waals surface area contributed by atoms with Crippen LogP contribution in [0.2, 0.25) is 0 Å². The van der Waals surface area contributed by atoms with Gasteiger partial charge < -0.3 is 18.9 Å². The van der Waals surface area contributed by atoms with Crippen molar-refractivity contribution in [3.05, 3.63) is 54.2 Å². The molecule has 1 aliphatic heterocycles. The predicted molar refractivity (Wildman–Crippen MR) is 112 cm³/mol. The number of piperidine rings is 1. The number of rotatable bonds is 5. The molecule has 28 heavy (non-hydrogen) atoms. The summed E-state index contributed by atoms with van der Waals surface area (Å²) in [7, 11) is 6.15. The summed E-state index contributed by atoms with van der Waals surface area (Å²) in [4.78, 5) is 22.1.